The van der Waals surface area contributed by atoms with Crippen molar-refractivity contribution in [2.75, 3.05) is 0 Å². The summed E-state index contributed by atoms with van der Waals surface area (Å²) in [5.74, 6) is 0. The van der Waals surface area contributed by atoms with Crippen LogP contribution in [0.4, 0.5) is 0 Å². The third-order valence-corrected chi connectivity index (χ3v) is 15.7. The monoisotopic (exact) mass is 414 g/mol. The van der Waals surface area contributed by atoms with E-state index in [1.807, 2.05) is 1.09 Å². The average Bonchev–Trinajstić information content (AvgIpc) is 2.80. The molecule has 0 atom stereocenters. The molecule has 1 heteroatoms. The SMILES string of the molecule is CCCC1=[C]([Sr][C]2=C(CCC)C(C)=C(C)C2(C)C)C(C)(C)C(C)=C1C. The van der Waals surface area contributed by atoms with Crippen molar-refractivity contribution in [2.45, 2.75) is 94.9 Å². The average molecular weight is 414 g/mol. The zero-order valence-corrected chi connectivity index (χ0v) is 22.0. The van der Waals surface area contributed by atoms with Crippen LogP contribution < -0.4 is 0 Å². The molecule has 0 N–H and O–H groups in total. The van der Waals surface area contributed by atoms with Gasteiger partial charge >= 0.3 is 181 Å². The molecule has 0 amide bonds. The second-order valence-corrected chi connectivity index (χ2v) is 13.7. The Labute approximate surface area is 179 Å². The van der Waals surface area contributed by atoms with Crippen molar-refractivity contribution < 1.29 is 0 Å². The fourth-order valence-corrected chi connectivity index (χ4v) is 12.6. The molecule has 0 aliphatic heterocycles. The zero-order chi connectivity index (χ0) is 19.2. The summed E-state index contributed by atoms with van der Waals surface area (Å²) in [6.07, 6.45) is 5.10. The van der Waals surface area contributed by atoms with E-state index in [1.54, 1.807) is 33.4 Å². The summed E-state index contributed by atoms with van der Waals surface area (Å²) >= 11 is -1.25. The fraction of sp³-hybridized carbons (Fsp3) is 0.667. The molecular weight excluding hydrogens is 376 g/mol. The Bertz CT molecular complexity index is 630. The van der Waals surface area contributed by atoms with Gasteiger partial charge in [-0.1, -0.05) is 0 Å². The molecule has 2 aliphatic carbocycles. The molecule has 136 valence electrons. The van der Waals surface area contributed by atoms with Gasteiger partial charge in [-0.25, -0.2) is 0 Å². The number of allylic oxidation sites excluding steroid dienone is 8. The second kappa shape index (κ2) is 7.82. The van der Waals surface area contributed by atoms with Gasteiger partial charge in [0, 0.05) is 0 Å². The Morgan fingerprint density at radius 1 is 0.640 bits per heavy atom. The van der Waals surface area contributed by atoms with Gasteiger partial charge in [-0.05, 0) is 0 Å². The normalized spacial score (nSPS) is 22.5. The van der Waals surface area contributed by atoms with Crippen molar-refractivity contribution in [3.8, 4) is 0 Å². The minimum absolute atomic E-state index is 0.301. The van der Waals surface area contributed by atoms with Gasteiger partial charge < -0.3 is 0 Å². The van der Waals surface area contributed by atoms with Gasteiger partial charge in [-0.2, -0.15) is 0 Å². The number of rotatable bonds is 6. The molecule has 0 aromatic rings. The van der Waals surface area contributed by atoms with Crippen molar-refractivity contribution in [3.05, 3.63) is 34.5 Å². The first-order chi connectivity index (χ1) is 11.5. The van der Waals surface area contributed by atoms with E-state index in [9.17, 15) is 0 Å². The van der Waals surface area contributed by atoms with E-state index in [0.29, 0.717) is 10.8 Å². The summed E-state index contributed by atoms with van der Waals surface area (Å²) < 4.78 is 3.82. The molecule has 0 bridgehead atoms. The molecule has 0 saturated heterocycles. The van der Waals surface area contributed by atoms with Gasteiger partial charge in [-0.15, -0.1) is 0 Å². The van der Waals surface area contributed by atoms with Gasteiger partial charge in [0.2, 0.25) is 0 Å². The van der Waals surface area contributed by atoms with Crippen LogP contribution in [0.15, 0.2) is 34.5 Å². The van der Waals surface area contributed by atoms with Crippen LogP contribution in [0, 0.1) is 10.8 Å². The summed E-state index contributed by atoms with van der Waals surface area (Å²) in [5.41, 5.74) is 10.6. The van der Waals surface area contributed by atoms with E-state index in [-0.39, 0.29) is 0 Å². The topological polar surface area (TPSA) is 0 Å². The maximum absolute atomic E-state index is 2.50. The standard InChI is InChI=1S/2C12H19.Sr/c2*1-6-7-11-8-12(4,5)10(3)9(11)2;/h2*6-7H2,1-5H3;. The minimum atomic E-state index is -1.25. The zero-order valence-electron chi connectivity index (χ0n) is 18.5. The van der Waals surface area contributed by atoms with Gasteiger partial charge in [0.25, 0.3) is 0 Å². The number of hydrogen-bond acceptors (Lipinski definition) is 0. The molecule has 25 heavy (non-hydrogen) atoms. The van der Waals surface area contributed by atoms with E-state index < -0.39 is 41.0 Å². The molecule has 0 spiro atoms. The van der Waals surface area contributed by atoms with Crippen LogP contribution in [-0.2, 0) is 0 Å². The van der Waals surface area contributed by atoms with Crippen LogP contribution in [0.3, 0.4) is 0 Å². The first kappa shape index (κ1) is 21.7. The van der Waals surface area contributed by atoms with E-state index in [0.717, 1.165) is 0 Å². The molecule has 0 fully saturated rings. The summed E-state index contributed by atoms with van der Waals surface area (Å²) in [6.45, 7) is 24.2. The third kappa shape index (κ3) is 3.60. The predicted octanol–water partition coefficient (Wildman–Crippen LogP) is 7.55. The van der Waals surface area contributed by atoms with Crippen LogP contribution in [0.25, 0.3) is 0 Å². The Morgan fingerprint density at radius 3 is 1.24 bits per heavy atom. The molecule has 0 saturated carbocycles. The molecule has 0 aromatic carbocycles. The van der Waals surface area contributed by atoms with Crippen LogP contribution in [0.2, 0.25) is 0 Å². The quantitative estimate of drug-likeness (QED) is 0.394. The summed E-state index contributed by atoms with van der Waals surface area (Å²) in [5, 5.41) is 0. The van der Waals surface area contributed by atoms with E-state index >= 15 is 0 Å². The van der Waals surface area contributed by atoms with Crippen LogP contribution >= 0.6 is 0 Å². The second-order valence-electron chi connectivity index (χ2n) is 9.34. The first-order valence-corrected chi connectivity index (χ1v) is 13.8. The van der Waals surface area contributed by atoms with E-state index in [2.05, 4.69) is 69.2 Å². The van der Waals surface area contributed by atoms with E-state index in [4.69, 9.17) is 0 Å². The van der Waals surface area contributed by atoms with Crippen LogP contribution in [0.1, 0.15) is 94.9 Å². The molecule has 2 rings (SSSR count). The summed E-state index contributed by atoms with van der Waals surface area (Å²) in [7, 11) is 0. The van der Waals surface area contributed by atoms with Crippen molar-refractivity contribution in [1.82, 2.24) is 0 Å². The van der Waals surface area contributed by atoms with Gasteiger partial charge in [0.05, 0.1) is 0 Å². The Kier molecular flexibility index (Phi) is 6.80. The molecule has 2 aliphatic rings. The van der Waals surface area contributed by atoms with Crippen LogP contribution in [0.5, 0.6) is 0 Å². The van der Waals surface area contributed by atoms with Gasteiger partial charge in [-0.3, -0.25) is 0 Å². The predicted molar refractivity (Wildman–Crippen MR) is 114 cm³/mol. The Balaban J connectivity index is 2.56. The molecule has 0 nitrogen and oxygen atoms in total. The molecule has 0 radical (unpaired) electrons. The summed E-state index contributed by atoms with van der Waals surface area (Å²) in [6, 6.07) is 0. The first-order valence-electron chi connectivity index (χ1n) is 10.3. The third-order valence-electron chi connectivity index (χ3n) is 7.50. The van der Waals surface area contributed by atoms with Gasteiger partial charge in [0.1, 0.15) is 0 Å². The molecule has 0 aromatic heterocycles. The maximum atomic E-state index is 2.50. The van der Waals surface area contributed by atoms with Crippen molar-refractivity contribution in [1.29, 1.82) is 0 Å². The number of hydrogen-bond donors (Lipinski definition) is 0. The van der Waals surface area contributed by atoms with Crippen LogP contribution in [-0.4, -0.2) is 41.0 Å². The van der Waals surface area contributed by atoms with Crippen molar-refractivity contribution in [2.24, 2.45) is 10.8 Å². The Hall–Kier alpha value is 0.441. The molecule has 0 heterocycles. The fourth-order valence-electron chi connectivity index (χ4n) is 5.06. The Morgan fingerprint density at radius 2 is 0.960 bits per heavy atom. The van der Waals surface area contributed by atoms with Crippen molar-refractivity contribution in [3.63, 3.8) is 0 Å². The molecular formula is C24H38Sr. The van der Waals surface area contributed by atoms with E-state index in [1.165, 1.54) is 25.7 Å². The van der Waals surface area contributed by atoms with Gasteiger partial charge in [0.15, 0.2) is 0 Å². The van der Waals surface area contributed by atoms with Crippen molar-refractivity contribution >= 4 is 41.0 Å². The molecule has 0 unspecified atom stereocenters. The summed E-state index contributed by atoms with van der Waals surface area (Å²) in [4.78, 5) is 0.